The lowest BCUT2D eigenvalue weighted by Crippen LogP contribution is -2.52. The minimum absolute atomic E-state index is 0.00390. The molecule has 0 aromatic heterocycles. The van der Waals surface area contributed by atoms with Crippen LogP contribution in [0.3, 0.4) is 0 Å². The van der Waals surface area contributed by atoms with Crippen LogP contribution < -0.4 is 10.6 Å². The first-order chi connectivity index (χ1) is 20.3. The van der Waals surface area contributed by atoms with Crippen LogP contribution in [-0.2, 0) is 44.8 Å². The zero-order chi connectivity index (χ0) is 30.3. The summed E-state index contributed by atoms with van der Waals surface area (Å²) in [6.45, 7) is 2.95. The van der Waals surface area contributed by atoms with Crippen molar-refractivity contribution < 1.29 is 38.2 Å². The summed E-state index contributed by atoms with van der Waals surface area (Å²) in [6, 6.07) is 5.62. The number of nitrogens with one attached hydrogen (secondary N) is 2. The van der Waals surface area contributed by atoms with Gasteiger partial charge in [0.25, 0.3) is 5.91 Å². The maximum atomic E-state index is 13.7. The van der Waals surface area contributed by atoms with Gasteiger partial charge in [-0.2, -0.15) is 0 Å². The number of esters is 1. The number of ketones is 1. The van der Waals surface area contributed by atoms with Gasteiger partial charge >= 0.3 is 5.97 Å². The zero-order valence-electron chi connectivity index (χ0n) is 24.2. The summed E-state index contributed by atoms with van der Waals surface area (Å²) in [7, 11) is 0. The summed E-state index contributed by atoms with van der Waals surface area (Å²) in [4.78, 5) is 66.0. The van der Waals surface area contributed by atoms with E-state index in [2.05, 4.69) is 10.6 Å². The van der Waals surface area contributed by atoms with Gasteiger partial charge in [0, 0.05) is 30.5 Å². The first-order valence-corrected chi connectivity index (χ1v) is 15.1. The molecular formula is C30H42ClN3O8. The highest BCUT2D eigenvalue weighted by molar-refractivity contribution is 6.38. The van der Waals surface area contributed by atoms with Crippen molar-refractivity contribution in [3.8, 4) is 0 Å². The van der Waals surface area contributed by atoms with Crippen LogP contribution in [0.4, 0.5) is 0 Å². The molecule has 3 rings (SSSR count). The molecule has 0 unspecified atom stereocenters. The van der Waals surface area contributed by atoms with Crippen molar-refractivity contribution in [2.45, 2.75) is 64.5 Å². The molecule has 1 heterocycles. The van der Waals surface area contributed by atoms with Gasteiger partial charge in [0.1, 0.15) is 12.6 Å². The van der Waals surface area contributed by atoms with Gasteiger partial charge in [0.05, 0.1) is 33.0 Å². The number of carbonyl (C=O) groups excluding carboxylic acids is 5. The van der Waals surface area contributed by atoms with E-state index in [1.165, 1.54) is 0 Å². The average Bonchev–Trinajstić information content (AvgIpc) is 3.00. The van der Waals surface area contributed by atoms with E-state index in [0.717, 1.165) is 37.7 Å². The number of rotatable bonds is 15. The molecule has 0 bridgehead atoms. The first kappa shape index (κ1) is 33.5. The summed E-state index contributed by atoms with van der Waals surface area (Å²) in [6.07, 6.45) is 5.81. The smallest absolute Gasteiger partial charge is 0.325 e. The third-order valence-electron chi connectivity index (χ3n) is 7.52. The van der Waals surface area contributed by atoms with Crippen LogP contribution >= 0.6 is 11.6 Å². The van der Waals surface area contributed by atoms with Crippen molar-refractivity contribution >= 4 is 41.1 Å². The van der Waals surface area contributed by atoms with Crippen LogP contribution in [0.2, 0.25) is 5.02 Å². The Bertz CT molecular complexity index is 1060. The predicted octanol–water partition coefficient (Wildman–Crippen LogP) is 2.43. The molecule has 1 saturated carbocycles. The van der Waals surface area contributed by atoms with Crippen LogP contribution in [0, 0.1) is 11.8 Å². The SMILES string of the molecule is CCOC(=O)CNC(=O)C(=O)[C@H](COCc1ccc(Cl)cc1)NC(=O)[C@@H](CC(=O)N1CCOCC1)CC1CCCCC1. The average molecular weight is 608 g/mol. The van der Waals surface area contributed by atoms with Crippen LogP contribution in [0.25, 0.3) is 0 Å². The zero-order valence-corrected chi connectivity index (χ0v) is 25.0. The molecule has 12 heteroatoms. The van der Waals surface area contributed by atoms with Crippen molar-refractivity contribution in [1.82, 2.24) is 15.5 Å². The van der Waals surface area contributed by atoms with Crippen molar-refractivity contribution in [1.29, 1.82) is 0 Å². The lowest BCUT2D eigenvalue weighted by Gasteiger charge is -2.30. The highest BCUT2D eigenvalue weighted by atomic mass is 35.5. The van der Waals surface area contributed by atoms with Gasteiger partial charge in [0.15, 0.2) is 0 Å². The maximum Gasteiger partial charge on any atom is 0.325 e. The Hall–Kier alpha value is -3.02. The van der Waals surface area contributed by atoms with Crippen molar-refractivity contribution in [2.75, 3.05) is 46.1 Å². The summed E-state index contributed by atoms with van der Waals surface area (Å²) in [5.74, 6) is -3.67. The molecule has 42 heavy (non-hydrogen) atoms. The van der Waals surface area contributed by atoms with Crippen LogP contribution in [-0.4, -0.2) is 86.5 Å². The Morgan fingerprint density at radius 3 is 2.40 bits per heavy atom. The number of hydrogen-bond acceptors (Lipinski definition) is 8. The van der Waals surface area contributed by atoms with E-state index in [9.17, 15) is 24.0 Å². The summed E-state index contributed by atoms with van der Waals surface area (Å²) < 4.78 is 15.9. The Morgan fingerprint density at radius 1 is 1.05 bits per heavy atom. The van der Waals surface area contributed by atoms with Gasteiger partial charge in [-0.15, -0.1) is 0 Å². The Labute approximate surface area is 251 Å². The fraction of sp³-hybridized carbons (Fsp3) is 0.633. The molecule has 2 atom stereocenters. The van der Waals surface area contributed by atoms with E-state index < -0.39 is 42.1 Å². The normalized spacial score (nSPS) is 17.1. The molecule has 1 aromatic carbocycles. The Balaban J connectivity index is 1.71. The molecule has 1 aliphatic carbocycles. The number of hydrogen-bond donors (Lipinski definition) is 2. The number of nitrogens with zero attached hydrogens (tertiary/aromatic N) is 1. The molecule has 232 valence electrons. The monoisotopic (exact) mass is 607 g/mol. The molecule has 2 fully saturated rings. The number of carbonyl (C=O) groups is 5. The second-order valence-corrected chi connectivity index (χ2v) is 11.1. The third-order valence-corrected chi connectivity index (χ3v) is 7.77. The lowest BCUT2D eigenvalue weighted by molar-refractivity contribution is -0.146. The van der Waals surface area contributed by atoms with E-state index >= 15 is 0 Å². The quantitative estimate of drug-likeness (QED) is 0.229. The maximum absolute atomic E-state index is 13.7. The third kappa shape index (κ3) is 11.3. The van der Waals surface area contributed by atoms with Gasteiger partial charge in [-0.1, -0.05) is 55.8 Å². The predicted molar refractivity (Wildman–Crippen MR) is 154 cm³/mol. The topological polar surface area (TPSA) is 140 Å². The highest BCUT2D eigenvalue weighted by Crippen LogP contribution is 2.30. The molecule has 1 saturated heterocycles. The molecular weight excluding hydrogens is 566 g/mol. The Kier molecular flexibility index (Phi) is 14.2. The Morgan fingerprint density at radius 2 is 1.74 bits per heavy atom. The van der Waals surface area contributed by atoms with Crippen molar-refractivity contribution in [3.05, 3.63) is 34.9 Å². The summed E-state index contributed by atoms with van der Waals surface area (Å²) in [5, 5.41) is 5.51. The first-order valence-electron chi connectivity index (χ1n) is 14.7. The molecule has 1 aromatic rings. The largest absolute Gasteiger partial charge is 0.465 e. The molecule has 3 amide bonds. The second kappa shape index (κ2) is 17.8. The van der Waals surface area contributed by atoms with E-state index in [1.807, 2.05) is 0 Å². The number of morpholine rings is 1. The number of Topliss-reactive ketones (excluding diaryl/α,β-unsaturated/α-hetero) is 1. The summed E-state index contributed by atoms with van der Waals surface area (Å²) >= 11 is 5.94. The molecule has 2 aliphatic rings. The molecule has 0 spiro atoms. The van der Waals surface area contributed by atoms with Gasteiger partial charge in [-0.3, -0.25) is 24.0 Å². The fourth-order valence-electron chi connectivity index (χ4n) is 5.22. The second-order valence-electron chi connectivity index (χ2n) is 10.7. The number of amides is 3. The van der Waals surface area contributed by atoms with E-state index in [-0.39, 0.29) is 32.1 Å². The van der Waals surface area contributed by atoms with Crippen molar-refractivity contribution in [2.24, 2.45) is 11.8 Å². The summed E-state index contributed by atoms with van der Waals surface area (Å²) in [5.41, 5.74) is 0.787. The van der Waals surface area contributed by atoms with E-state index in [1.54, 1.807) is 36.1 Å². The molecule has 11 nitrogen and oxygen atoms in total. The molecule has 2 N–H and O–H groups in total. The standard InChI is InChI=1S/C30H42ClN3O8/c1-2-42-27(36)18-32-30(39)28(37)25(20-41-19-22-8-10-24(31)11-9-22)33-29(38)23(16-21-6-4-3-5-7-21)17-26(35)34-12-14-40-15-13-34/h8-11,21,23,25H,2-7,12-20H2,1H3,(H,32,39)(H,33,38)/t23-,25+/m1/s1. The van der Waals surface area contributed by atoms with Gasteiger partial charge in [0.2, 0.25) is 17.6 Å². The molecule has 0 radical (unpaired) electrons. The van der Waals surface area contributed by atoms with Crippen LogP contribution in [0.1, 0.15) is 57.4 Å². The van der Waals surface area contributed by atoms with E-state index in [0.29, 0.717) is 43.7 Å². The molecule has 1 aliphatic heterocycles. The van der Waals surface area contributed by atoms with Gasteiger partial charge in [-0.05, 0) is 37.0 Å². The van der Waals surface area contributed by atoms with Crippen molar-refractivity contribution in [3.63, 3.8) is 0 Å². The fourth-order valence-corrected chi connectivity index (χ4v) is 5.34. The minimum Gasteiger partial charge on any atom is -0.465 e. The van der Waals surface area contributed by atoms with Gasteiger partial charge < -0.3 is 29.7 Å². The number of benzene rings is 1. The minimum atomic E-state index is -1.32. The lowest BCUT2D eigenvalue weighted by atomic mass is 9.81. The van der Waals surface area contributed by atoms with Gasteiger partial charge in [-0.25, -0.2) is 0 Å². The number of ether oxygens (including phenoxy) is 3. The van der Waals surface area contributed by atoms with E-state index in [4.69, 9.17) is 25.8 Å². The highest BCUT2D eigenvalue weighted by Gasteiger charge is 2.33. The van der Waals surface area contributed by atoms with Crippen LogP contribution in [0.15, 0.2) is 24.3 Å². The number of halogens is 1. The van der Waals surface area contributed by atoms with Crippen LogP contribution in [0.5, 0.6) is 0 Å².